The van der Waals surface area contributed by atoms with Crippen molar-refractivity contribution in [3.8, 4) is 0 Å². The highest BCUT2D eigenvalue weighted by molar-refractivity contribution is 7.13. The lowest BCUT2D eigenvalue weighted by Gasteiger charge is -2.02. The Balaban J connectivity index is 1.57. The molecule has 3 rings (SSSR count). The molecule has 0 saturated heterocycles. The fourth-order valence-electron chi connectivity index (χ4n) is 1.79. The van der Waals surface area contributed by atoms with E-state index in [1.54, 1.807) is 6.07 Å². The Labute approximate surface area is 131 Å². The molecular formula is C16H14N2O3S. The predicted molar refractivity (Wildman–Crippen MR) is 84.4 cm³/mol. The summed E-state index contributed by atoms with van der Waals surface area (Å²) in [4.78, 5) is 16.1. The number of hydrogen-bond donors (Lipinski definition) is 1. The fraction of sp³-hybridized carbons (Fsp3) is 0.125. The summed E-state index contributed by atoms with van der Waals surface area (Å²) in [5.74, 6) is -0.421. The van der Waals surface area contributed by atoms with E-state index in [0.29, 0.717) is 11.3 Å². The number of aryl methyl sites for hydroxylation is 1. The summed E-state index contributed by atoms with van der Waals surface area (Å²) < 4.78 is 10.0. The molecule has 0 aliphatic carbocycles. The third-order valence-corrected chi connectivity index (χ3v) is 3.77. The summed E-state index contributed by atoms with van der Waals surface area (Å²) >= 11 is 1.47. The van der Waals surface area contributed by atoms with Crippen LogP contribution in [0.5, 0.6) is 0 Å². The highest BCUT2D eigenvalue weighted by Gasteiger charge is 2.10. The van der Waals surface area contributed by atoms with Crippen molar-refractivity contribution in [1.29, 1.82) is 0 Å². The molecular weight excluding hydrogens is 300 g/mol. The number of aromatic nitrogens is 1. The van der Waals surface area contributed by atoms with Gasteiger partial charge in [0.2, 0.25) is 0 Å². The van der Waals surface area contributed by atoms with E-state index >= 15 is 0 Å². The van der Waals surface area contributed by atoms with E-state index in [1.807, 2.05) is 36.6 Å². The van der Waals surface area contributed by atoms with E-state index in [1.165, 1.54) is 29.4 Å². The second kappa shape index (κ2) is 6.44. The first kappa shape index (κ1) is 14.3. The Kier molecular flexibility index (Phi) is 4.20. The molecule has 0 amide bonds. The van der Waals surface area contributed by atoms with E-state index in [0.717, 1.165) is 10.8 Å². The minimum atomic E-state index is -0.421. The molecule has 0 unspecified atom stereocenters. The van der Waals surface area contributed by atoms with Crippen LogP contribution < -0.4 is 5.32 Å². The van der Waals surface area contributed by atoms with Gasteiger partial charge in [-0.25, -0.2) is 9.78 Å². The number of hydrogen-bond acceptors (Lipinski definition) is 6. The van der Waals surface area contributed by atoms with Crippen LogP contribution in [-0.2, 0) is 11.3 Å². The Bertz CT molecular complexity index is 748. The largest absolute Gasteiger partial charge is 0.472 e. The molecule has 0 radical (unpaired) electrons. The first-order valence-electron chi connectivity index (χ1n) is 6.68. The Morgan fingerprint density at radius 2 is 2.14 bits per heavy atom. The van der Waals surface area contributed by atoms with Crippen LogP contribution in [0.2, 0.25) is 0 Å². The quantitative estimate of drug-likeness (QED) is 0.717. The van der Waals surface area contributed by atoms with Crippen LogP contribution in [0.15, 0.2) is 52.7 Å². The molecule has 3 aromatic rings. The van der Waals surface area contributed by atoms with Crippen molar-refractivity contribution in [2.24, 2.45) is 0 Å². The van der Waals surface area contributed by atoms with Gasteiger partial charge in [-0.1, -0.05) is 17.7 Å². The molecule has 0 bridgehead atoms. The Morgan fingerprint density at radius 1 is 1.32 bits per heavy atom. The maximum atomic E-state index is 11.7. The molecule has 22 heavy (non-hydrogen) atoms. The highest BCUT2D eigenvalue weighted by Crippen LogP contribution is 2.21. The number of nitrogens with zero attached hydrogens (tertiary/aromatic N) is 1. The third kappa shape index (κ3) is 3.53. The topological polar surface area (TPSA) is 64.4 Å². The molecule has 112 valence electrons. The number of carbonyl (C=O) groups excluding carboxylic acids is 1. The number of thiazole rings is 1. The van der Waals surface area contributed by atoms with Crippen LogP contribution in [0, 0.1) is 6.92 Å². The van der Waals surface area contributed by atoms with Crippen molar-refractivity contribution >= 4 is 28.1 Å². The lowest BCUT2D eigenvalue weighted by atomic mass is 10.2. The van der Waals surface area contributed by atoms with Gasteiger partial charge in [0.25, 0.3) is 0 Å². The first-order valence-corrected chi connectivity index (χ1v) is 7.56. The molecule has 0 aliphatic heterocycles. The van der Waals surface area contributed by atoms with E-state index in [2.05, 4.69) is 10.3 Å². The summed E-state index contributed by atoms with van der Waals surface area (Å²) in [5, 5.41) is 5.84. The van der Waals surface area contributed by atoms with Crippen molar-refractivity contribution in [2.75, 3.05) is 5.32 Å². The number of benzene rings is 1. The normalized spacial score (nSPS) is 10.4. The summed E-state index contributed by atoms with van der Waals surface area (Å²) in [5.41, 5.74) is 3.28. The molecule has 5 nitrogen and oxygen atoms in total. The van der Waals surface area contributed by atoms with Crippen LogP contribution in [0.4, 0.5) is 10.8 Å². The van der Waals surface area contributed by atoms with Crippen LogP contribution in [0.25, 0.3) is 0 Å². The second-order valence-corrected chi connectivity index (χ2v) is 5.58. The van der Waals surface area contributed by atoms with E-state index in [-0.39, 0.29) is 6.61 Å². The molecule has 6 heteroatoms. The summed E-state index contributed by atoms with van der Waals surface area (Å²) in [6.45, 7) is 2.18. The number of ether oxygens (including phenoxy) is 1. The van der Waals surface area contributed by atoms with Crippen LogP contribution in [-0.4, -0.2) is 11.0 Å². The van der Waals surface area contributed by atoms with E-state index < -0.39 is 5.97 Å². The lowest BCUT2D eigenvalue weighted by Crippen LogP contribution is -2.04. The zero-order valence-corrected chi connectivity index (χ0v) is 12.7. The highest BCUT2D eigenvalue weighted by atomic mass is 32.1. The number of carbonyl (C=O) groups is 1. The maximum Gasteiger partial charge on any atom is 0.341 e. The number of nitrogens with one attached hydrogen (secondary N) is 1. The Hall–Kier alpha value is -2.60. The molecule has 0 aliphatic rings. The van der Waals surface area contributed by atoms with Gasteiger partial charge < -0.3 is 14.5 Å². The summed E-state index contributed by atoms with van der Waals surface area (Å²) in [6.07, 6.45) is 2.79. The van der Waals surface area contributed by atoms with Crippen molar-refractivity contribution in [2.45, 2.75) is 13.5 Å². The number of rotatable bonds is 5. The van der Waals surface area contributed by atoms with Gasteiger partial charge in [-0.2, -0.15) is 0 Å². The fourth-order valence-corrected chi connectivity index (χ4v) is 2.51. The second-order valence-electron chi connectivity index (χ2n) is 4.72. The predicted octanol–water partition coefficient (Wildman–Crippen LogP) is 4.15. The average Bonchev–Trinajstić information content (AvgIpc) is 3.19. The van der Waals surface area contributed by atoms with E-state index in [4.69, 9.17) is 9.15 Å². The minimum Gasteiger partial charge on any atom is -0.472 e. The maximum absolute atomic E-state index is 11.7. The summed E-state index contributed by atoms with van der Waals surface area (Å²) in [7, 11) is 0. The molecule has 0 spiro atoms. The van der Waals surface area contributed by atoms with E-state index in [9.17, 15) is 4.79 Å². The number of anilines is 2. The van der Waals surface area contributed by atoms with Gasteiger partial charge in [-0.15, -0.1) is 11.3 Å². The molecule has 1 N–H and O–H groups in total. The zero-order valence-electron chi connectivity index (χ0n) is 11.9. The number of esters is 1. The van der Waals surface area contributed by atoms with Gasteiger partial charge in [0, 0.05) is 11.1 Å². The van der Waals surface area contributed by atoms with Gasteiger partial charge >= 0.3 is 5.97 Å². The van der Waals surface area contributed by atoms with Gasteiger partial charge in [0.05, 0.1) is 17.5 Å². The van der Waals surface area contributed by atoms with Gasteiger partial charge in [-0.05, 0) is 25.1 Å². The Morgan fingerprint density at radius 3 is 2.86 bits per heavy atom. The van der Waals surface area contributed by atoms with Crippen molar-refractivity contribution < 1.29 is 13.9 Å². The molecule has 0 atom stereocenters. The standard InChI is InChI=1S/C16H14N2O3S/c1-11-2-4-13(5-3-11)17-16-18-14(10-22-16)9-21-15(19)12-6-7-20-8-12/h2-8,10H,9H2,1H3,(H,17,18). The molecule has 2 heterocycles. The average molecular weight is 314 g/mol. The molecule has 0 fully saturated rings. The van der Waals surface area contributed by atoms with Crippen LogP contribution in [0.3, 0.4) is 0 Å². The monoisotopic (exact) mass is 314 g/mol. The smallest absolute Gasteiger partial charge is 0.341 e. The third-order valence-electron chi connectivity index (χ3n) is 2.96. The molecule has 0 saturated carbocycles. The van der Waals surface area contributed by atoms with Crippen LogP contribution >= 0.6 is 11.3 Å². The van der Waals surface area contributed by atoms with Gasteiger partial charge in [0.1, 0.15) is 12.9 Å². The SMILES string of the molecule is Cc1ccc(Nc2nc(COC(=O)c3ccoc3)cs2)cc1. The first-order chi connectivity index (χ1) is 10.7. The van der Waals surface area contributed by atoms with Gasteiger partial charge in [-0.3, -0.25) is 0 Å². The van der Waals surface area contributed by atoms with Crippen molar-refractivity contribution in [1.82, 2.24) is 4.98 Å². The van der Waals surface area contributed by atoms with Gasteiger partial charge in [0.15, 0.2) is 5.13 Å². The van der Waals surface area contributed by atoms with Crippen LogP contribution in [0.1, 0.15) is 21.6 Å². The zero-order chi connectivity index (χ0) is 15.4. The minimum absolute atomic E-state index is 0.135. The van der Waals surface area contributed by atoms with Crippen molar-refractivity contribution in [3.05, 3.63) is 65.1 Å². The van der Waals surface area contributed by atoms with Crippen molar-refractivity contribution in [3.63, 3.8) is 0 Å². The lowest BCUT2D eigenvalue weighted by molar-refractivity contribution is 0.0467. The molecule has 1 aromatic carbocycles. The number of furan rings is 1. The molecule has 2 aromatic heterocycles. The summed E-state index contributed by atoms with van der Waals surface area (Å²) in [6, 6.07) is 9.62.